The Morgan fingerprint density at radius 3 is 2.84 bits per heavy atom. The number of fused-ring (bicyclic) bond motifs is 1. The van der Waals surface area contributed by atoms with Gasteiger partial charge in [-0.15, -0.1) is 0 Å². The summed E-state index contributed by atoms with van der Waals surface area (Å²) < 4.78 is 11.1. The third-order valence-corrected chi connectivity index (χ3v) is 4.68. The zero-order valence-electron chi connectivity index (χ0n) is 14.1. The van der Waals surface area contributed by atoms with E-state index in [1.54, 1.807) is 0 Å². The van der Waals surface area contributed by atoms with E-state index in [1.165, 1.54) is 11.1 Å². The first-order chi connectivity index (χ1) is 12.3. The molecule has 0 radical (unpaired) electrons. The smallest absolute Gasteiger partial charge is 0.254 e. The highest BCUT2D eigenvalue weighted by molar-refractivity contribution is 5.94. The van der Waals surface area contributed by atoms with E-state index in [4.69, 9.17) is 9.47 Å². The SMILES string of the molecule is O=C(Nc1ccc2c(c1)COC2)[C@@H]1CN(Cc2ccccc2)CCO1. The molecule has 0 aromatic heterocycles. The summed E-state index contributed by atoms with van der Waals surface area (Å²) in [5.41, 5.74) is 4.40. The molecule has 0 spiro atoms. The van der Waals surface area contributed by atoms with Crippen LogP contribution in [-0.2, 0) is 34.0 Å². The van der Waals surface area contributed by atoms with Crippen molar-refractivity contribution in [2.45, 2.75) is 25.9 Å². The Morgan fingerprint density at radius 2 is 1.96 bits per heavy atom. The lowest BCUT2D eigenvalue weighted by atomic mass is 10.1. The predicted molar refractivity (Wildman–Crippen MR) is 95.0 cm³/mol. The molecule has 5 nitrogen and oxygen atoms in total. The second kappa shape index (κ2) is 7.35. The van der Waals surface area contributed by atoms with Gasteiger partial charge >= 0.3 is 0 Å². The van der Waals surface area contributed by atoms with Gasteiger partial charge in [-0.1, -0.05) is 36.4 Å². The Labute approximate surface area is 147 Å². The van der Waals surface area contributed by atoms with Gasteiger partial charge in [-0.25, -0.2) is 0 Å². The first kappa shape index (κ1) is 16.3. The molecule has 25 heavy (non-hydrogen) atoms. The third-order valence-electron chi connectivity index (χ3n) is 4.68. The molecule has 0 bridgehead atoms. The van der Waals surface area contributed by atoms with E-state index in [1.807, 2.05) is 36.4 Å². The molecule has 2 aliphatic heterocycles. The van der Waals surface area contributed by atoms with Crippen LogP contribution in [0.1, 0.15) is 16.7 Å². The number of morpholine rings is 1. The summed E-state index contributed by atoms with van der Waals surface area (Å²) in [6.07, 6.45) is -0.443. The molecule has 4 rings (SSSR count). The molecular weight excluding hydrogens is 316 g/mol. The summed E-state index contributed by atoms with van der Waals surface area (Å²) in [5.74, 6) is -0.0865. The number of rotatable bonds is 4. The number of ether oxygens (including phenoxy) is 2. The second-order valence-electron chi connectivity index (χ2n) is 6.55. The maximum atomic E-state index is 12.6. The van der Waals surface area contributed by atoms with Crippen LogP contribution in [0, 0.1) is 0 Å². The molecule has 1 atom stereocenters. The fourth-order valence-electron chi connectivity index (χ4n) is 3.32. The fraction of sp³-hybridized carbons (Fsp3) is 0.350. The maximum Gasteiger partial charge on any atom is 0.254 e. The van der Waals surface area contributed by atoms with Gasteiger partial charge in [-0.3, -0.25) is 9.69 Å². The molecule has 1 amide bonds. The molecule has 0 unspecified atom stereocenters. The van der Waals surface area contributed by atoms with E-state index in [0.717, 1.165) is 24.3 Å². The average Bonchev–Trinajstić information content (AvgIpc) is 3.10. The monoisotopic (exact) mass is 338 g/mol. The predicted octanol–water partition coefficient (Wildman–Crippen LogP) is 2.56. The Morgan fingerprint density at radius 1 is 1.12 bits per heavy atom. The van der Waals surface area contributed by atoms with Gasteiger partial charge in [-0.2, -0.15) is 0 Å². The molecule has 1 saturated heterocycles. The third kappa shape index (κ3) is 3.90. The van der Waals surface area contributed by atoms with Crippen molar-refractivity contribution < 1.29 is 14.3 Å². The summed E-state index contributed by atoms with van der Waals surface area (Å²) in [7, 11) is 0. The van der Waals surface area contributed by atoms with Crippen LogP contribution in [0.3, 0.4) is 0 Å². The highest BCUT2D eigenvalue weighted by atomic mass is 16.5. The van der Waals surface area contributed by atoms with Gasteiger partial charge in [-0.05, 0) is 28.8 Å². The van der Waals surface area contributed by atoms with E-state index < -0.39 is 6.10 Å². The van der Waals surface area contributed by atoms with Crippen molar-refractivity contribution in [3.63, 3.8) is 0 Å². The number of nitrogens with zero attached hydrogens (tertiary/aromatic N) is 1. The van der Waals surface area contributed by atoms with Gasteiger partial charge in [0, 0.05) is 25.3 Å². The van der Waals surface area contributed by atoms with Crippen LogP contribution in [0.25, 0.3) is 0 Å². The molecule has 1 N–H and O–H groups in total. The first-order valence-electron chi connectivity index (χ1n) is 8.66. The largest absolute Gasteiger partial charge is 0.372 e. The lowest BCUT2D eigenvalue weighted by molar-refractivity contribution is -0.133. The van der Waals surface area contributed by atoms with Crippen molar-refractivity contribution in [2.75, 3.05) is 25.0 Å². The Bertz CT molecular complexity index is 748. The van der Waals surface area contributed by atoms with Crippen molar-refractivity contribution in [3.05, 3.63) is 65.2 Å². The van der Waals surface area contributed by atoms with Gasteiger partial charge in [0.15, 0.2) is 0 Å². The quantitative estimate of drug-likeness (QED) is 0.931. The summed E-state index contributed by atoms with van der Waals surface area (Å²) in [5, 5.41) is 2.98. The van der Waals surface area contributed by atoms with Crippen molar-refractivity contribution in [1.29, 1.82) is 0 Å². The number of nitrogens with one attached hydrogen (secondary N) is 1. The van der Waals surface area contributed by atoms with Crippen LogP contribution in [0.5, 0.6) is 0 Å². The molecule has 130 valence electrons. The Hall–Kier alpha value is -2.21. The molecular formula is C20H22N2O3. The van der Waals surface area contributed by atoms with E-state index >= 15 is 0 Å². The van der Waals surface area contributed by atoms with Gasteiger partial charge in [0.1, 0.15) is 6.10 Å². The Balaban J connectivity index is 1.36. The summed E-state index contributed by atoms with van der Waals surface area (Å²) >= 11 is 0. The lowest BCUT2D eigenvalue weighted by Gasteiger charge is -2.32. The van der Waals surface area contributed by atoms with Crippen LogP contribution in [0.2, 0.25) is 0 Å². The van der Waals surface area contributed by atoms with E-state index in [9.17, 15) is 4.79 Å². The average molecular weight is 338 g/mol. The number of amides is 1. The van der Waals surface area contributed by atoms with E-state index in [2.05, 4.69) is 22.3 Å². The van der Waals surface area contributed by atoms with Crippen molar-refractivity contribution in [3.8, 4) is 0 Å². The van der Waals surface area contributed by atoms with Crippen LogP contribution >= 0.6 is 0 Å². The molecule has 2 aromatic rings. The minimum absolute atomic E-state index is 0.0865. The zero-order valence-corrected chi connectivity index (χ0v) is 14.1. The molecule has 0 aliphatic carbocycles. The minimum Gasteiger partial charge on any atom is -0.372 e. The highest BCUT2D eigenvalue weighted by Gasteiger charge is 2.27. The molecule has 5 heteroatoms. The number of carbonyl (C=O) groups excluding carboxylic acids is 1. The van der Waals surface area contributed by atoms with E-state index in [-0.39, 0.29) is 5.91 Å². The van der Waals surface area contributed by atoms with Crippen LogP contribution < -0.4 is 5.32 Å². The van der Waals surface area contributed by atoms with Crippen molar-refractivity contribution in [1.82, 2.24) is 4.90 Å². The Kier molecular flexibility index (Phi) is 4.78. The van der Waals surface area contributed by atoms with Gasteiger partial charge in [0.2, 0.25) is 0 Å². The van der Waals surface area contributed by atoms with Crippen molar-refractivity contribution >= 4 is 11.6 Å². The summed E-state index contributed by atoms with van der Waals surface area (Å²) in [4.78, 5) is 14.8. The minimum atomic E-state index is -0.443. The van der Waals surface area contributed by atoms with Gasteiger partial charge in [0.25, 0.3) is 5.91 Å². The standard InChI is InChI=1S/C20H22N2O3/c23-20(21-18-7-6-16-13-24-14-17(16)10-18)19-12-22(8-9-25-19)11-15-4-2-1-3-5-15/h1-7,10,19H,8-9,11-14H2,(H,21,23)/t19-/m0/s1. The topological polar surface area (TPSA) is 50.8 Å². The first-order valence-corrected chi connectivity index (χ1v) is 8.66. The lowest BCUT2D eigenvalue weighted by Crippen LogP contribution is -2.47. The summed E-state index contributed by atoms with van der Waals surface area (Å²) in [6, 6.07) is 16.2. The summed E-state index contributed by atoms with van der Waals surface area (Å²) in [6.45, 7) is 4.13. The van der Waals surface area contributed by atoms with Gasteiger partial charge < -0.3 is 14.8 Å². The fourth-order valence-corrected chi connectivity index (χ4v) is 3.32. The molecule has 2 heterocycles. The normalized spacial score (nSPS) is 20.2. The zero-order chi connectivity index (χ0) is 17.1. The van der Waals surface area contributed by atoms with E-state index in [0.29, 0.717) is 26.4 Å². The number of hydrogen-bond acceptors (Lipinski definition) is 4. The molecule has 0 saturated carbocycles. The second-order valence-corrected chi connectivity index (χ2v) is 6.55. The molecule has 1 fully saturated rings. The van der Waals surface area contributed by atoms with Crippen LogP contribution in [-0.4, -0.2) is 36.6 Å². The highest BCUT2D eigenvalue weighted by Crippen LogP contribution is 2.23. The molecule has 2 aliphatic rings. The number of hydrogen-bond donors (Lipinski definition) is 1. The van der Waals surface area contributed by atoms with Crippen LogP contribution in [0.4, 0.5) is 5.69 Å². The molecule has 2 aromatic carbocycles. The van der Waals surface area contributed by atoms with Crippen molar-refractivity contribution in [2.24, 2.45) is 0 Å². The number of carbonyl (C=O) groups is 1. The number of anilines is 1. The van der Waals surface area contributed by atoms with Gasteiger partial charge in [0.05, 0.1) is 19.8 Å². The maximum absolute atomic E-state index is 12.6. The number of benzene rings is 2. The van der Waals surface area contributed by atoms with Crippen LogP contribution in [0.15, 0.2) is 48.5 Å².